The maximum Gasteiger partial charge on any atom is 0.255 e. The molecule has 0 unspecified atom stereocenters. The molecule has 2 heterocycles. The van der Waals surface area contributed by atoms with Crippen LogP contribution in [-0.4, -0.2) is 90.9 Å². The Morgan fingerprint density at radius 2 is 1.66 bits per heavy atom. The van der Waals surface area contributed by atoms with E-state index in [4.69, 9.17) is 4.74 Å². The van der Waals surface area contributed by atoms with E-state index in [0.717, 1.165) is 25.9 Å². The lowest BCUT2D eigenvalue weighted by atomic mass is 9.98. The molecule has 0 radical (unpaired) electrons. The fraction of sp³-hybridized carbons (Fsp3) is 0.686. The predicted molar refractivity (Wildman–Crippen MR) is 181 cm³/mol. The Bertz CT molecular complexity index is 1240. The van der Waals surface area contributed by atoms with E-state index in [0.29, 0.717) is 18.7 Å². The van der Waals surface area contributed by atoms with Gasteiger partial charge in [0.2, 0.25) is 23.6 Å². The van der Waals surface area contributed by atoms with E-state index in [1.165, 1.54) is 0 Å². The summed E-state index contributed by atoms with van der Waals surface area (Å²) in [7, 11) is 0. The summed E-state index contributed by atoms with van der Waals surface area (Å²) in [6, 6.07) is 3.81. The summed E-state index contributed by atoms with van der Waals surface area (Å²) in [6.45, 7) is 16.0. The van der Waals surface area contributed by atoms with Crippen molar-refractivity contribution in [1.29, 1.82) is 0 Å². The van der Waals surface area contributed by atoms with Gasteiger partial charge in [0.05, 0.1) is 11.6 Å². The van der Waals surface area contributed by atoms with Crippen LogP contribution >= 0.6 is 0 Å². The Morgan fingerprint density at radius 1 is 0.936 bits per heavy atom. The topological polar surface area (TPSA) is 158 Å². The highest BCUT2D eigenvalue weighted by atomic mass is 16.5. The van der Waals surface area contributed by atoms with Gasteiger partial charge in [0.1, 0.15) is 30.5 Å². The molecular weight excluding hydrogens is 600 g/mol. The van der Waals surface area contributed by atoms with Gasteiger partial charge in [-0.1, -0.05) is 60.6 Å². The van der Waals surface area contributed by atoms with E-state index in [1.807, 2.05) is 41.5 Å². The number of amides is 5. The van der Waals surface area contributed by atoms with Gasteiger partial charge in [0.25, 0.3) is 5.91 Å². The zero-order valence-corrected chi connectivity index (χ0v) is 29.2. The van der Waals surface area contributed by atoms with Crippen LogP contribution in [0.3, 0.4) is 0 Å². The summed E-state index contributed by atoms with van der Waals surface area (Å²) in [5.74, 6) is -2.00. The number of likely N-dealkylation sites (tertiary alicyclic amines) is 1. The lowest BCUT2D eigenvalue weighted by molar-refractivity contribution is -0.133. The smallest absolute Gasteiger partial charge is 0.255 e. The monoisotopic (exact) mass is 656 g/mol. The molecule has 1 aromatic carbocycles. The number of nitrogens with zero attached hydrogens (tertiary/aromatic N) is 1. The number of rotatable bonds is 8. The third-order valence-corrected chi connectivity index (χ3v) is 8.99. The number of hydrogen-bond donors (Lipinski definition) is 5. The average molecular weight is 657 g/mol. The minimum Gasteiger partial charge on any atom is -0.491 e. The number of fused-ring (bicyclic) bond motifs is 1. The largest absolute Gasteiger partial charge is 0.491 e. The molecular formula is C35H56N6O6. The molecule has 0 aromatic heterocycles. The predicted octanol–water partition coefficient (Wildman–Crippen LogP) is 2.37. The van der Waals surface area contributed by atoms with Crippen LogP contribution in [-0.2, 0) is 19.2 Å². The van der Waals surface area contributed by atoms with Crippen molar-refractivity contribution in [1.82, 2.24) is 31.5 Å². The molecule has 47 heavy (non-hydrogen) atoms. The van der Waals surface area contributed by atoms with Gasteiger partial charge in [0, 0.05) is 19.0 Å². The van der Waals surface area contributed by atoms with Gasteiger partial charge in [0.15, 0.2) is 0 Å². The number of ether oxygens (including phenoxy) is 1. The maximum absolute atomic E-state index is 13.7. The third kappa shape index (κ3) is 11.2. The second kappa shape index (κ2) is 18.0. The van der Waals surface area contributed by atoms with Crippen LogP contribution in [0.25, 0.3) is 0 Å². The van der Waals surface area contributed by atoms with Crippen molar-refractivity contribution in [3.63, 3.8) is 0 Å². The lowest BCUT2D eigenvalue weighted by Crippen LogP contribution is -2.58. The molecule has 2 aliphatic rings. The quantitative estimate of drug-likeness (QED) is 0.288. The van der Waals surface area contributed by atoms with E-state index in [2.05, 4.69) is 38.4 Å². The molecule has 5 amide bonds. The van der Waals surface area contributed by atoms with Gasteiger partial charge in [-0.05, 0) is 68.7 Å². The summed E-state index contributed by atoms with van der Waals surface area (Å²) >= 11 is 0. The molecule has 0 bridgehead atoms. The molecule has 3 rings (SSSR count). The second-order valence-corrected chi connectivity index (χ2v) is 13.9. The molecule has 1 saturated heterocycles. The number of nitrogens with one attached hydrogen (secondary N) is 5. The SMILES string of the molecule is CCN1CCC[C@H]1CNC(=O)[C@@H]1CCC(=O)N[C@H](CC(C)C)C(=O)N[C@@H](C(C)C)C(=O)N[C@H](C(C)C)COc2ccccc2C(=O)N1. The average Bonchev–Trinajstić information content (AvgIpc) is 3.48. The summed E-state index contributed by atoms with van der Waals surface area (Å²) < 4.78 is 6.12. The van der Waals surface area contributed by atoms with Crippen molar-refractivity contribution in [3.8, 4) is 5.75 Å². The molecule has 12 heteroatoms. The highest BCUT2D eigenvalue weighted by Gasteiger charge is 2.32. The minimum absolute atomic E-state index is 0.0249. The molecule has 12 nitrogen and oxygen atoms in total. The van der Waals surface area contributed by atoms with E-state index in [9.17, 15) is 24.0 Å². The molecule has 0 saturated carbocycles. The van der Waals surface area contributed by atoms with Gasteiger partial charge in [-0.3, -0.25) is 28.9 Å². The zero-order valence-electron chi connectivity index (χ0n) is 29.2. The Kier molecular flexibility index (Phi) is 14.5. The summed E-state index contributed by atoms with van der Waals surface area (Å²) in [6.07, 6.45) is 2.33. The van der Waals surface area contributed by atoms with Crippen LogP contribution in [0.1, 0.15) is 90.9 Å². The van der Waals surface area contributed by atoms with Gasteiger partial charge < -0.3 is 31.3 Å². The van der Waals surface area contributed by atoms with Crippen LogP contribution in [0.4, 0.5) is 0 Å². The second-order valence-electron chi connectivity index (χ2n) is 13.9. The van der Waals surface area contributed by atoms with Crippen molar-refractivity contribution in [2.45, 2.75) is 111 Å². The number of benzene rings is 1. The fourth-order valence-electron chi connectivity index (χ4n) is 6.06. The van der Waals surface area contributed by atoms with Crippen molar-refractivity contribution in [2.24, 2.45) is 17.8 Å². The van der Waals surface area contributed by atoms with Gasteiger partial charge in [-0.2, -0.15) is 0 Å². The van der Waals surface area contributed by atoms with Gasteiger partial charge in [-0.15, -0.1) is 0 Å². The van der Waals surface area contributed by atoms with Crippen LogP contribution in [0.15, 0.2) is 24.3 Å². The number of carbonyl (C=O) groups is 5. The highest BCUT2D eigenvalue weighted by molar-refractivity contribution is 6.00. The number of carbonyl (C=O) groups excluding carboxylic acids is 5. The van der Waals surface area contributed by atoms with Crippen molar-refractivity contribution in [3.05, 3.63) is 29.8 Å². The van der Waals surface area contributed by atoms with E-state index < -0.39 is 41.9 Å². The summed E-state index contributed by atoms with van der Waals surface area (Å²) in [5, 5.41) is 14.6. The first kappa shape index (κ1) is 37.8. The van der Waals surface area contributed by atoms with Crippen LogP contribution in [0.5, 0.6) is 5.75 Å². The van der Waals surface area contributed by atoms with Gasteiger partial charge >= 0.3 is 0 Å². The normalized spacial score (nSPS) is 25.6. The molecule has 1 aromatic rings. The molecule has 1 fully saturated rings. The molecule has 5 N–H and O–H groups in total. The fourth-order valence-corrected chi connectivity index (χ4v) is 6.06. The zero-order chi connectivity index (χ0) is 34.7. The standard InChI is InChI=1S/C35H56N6O6/c1-8-41-17-11-12-24(41)19-36-33(44)26-15-16-30(42)37-27(18-21(2)3)34(45)40-31(23(6)7)35(46)39-28(22(4)5)20-47-29-14-10-9-13-25(29)32(43)38-26/h9-10,13-14,21-24,26-28,31H,8,11-12,15-20H2,1-7H3,(H,36,44)(H,37,42)(H,38,43)(H,39,46)(H,40,45)/t24-,26-,27+,28-,31-/m0/s1. The lowest BCUT2D eigenvalue weighted by Gasteiger charge is -2.29. The number of para-hydroxylation sites is 1. The number of likely N-dealkylation sites (N-methyl/N-ethyl adjacent to an activating group) is 1. The first-order valence-corrected chi connectivity index (χ1v) is 17.2. The molecule has 2 aliphatic heterocycles. The van der Waals surface area contributed by atoms with Crippen molar-refractivity contribution < 1.29 is 28.7 Å². The Labute approximate surface area is 279 Å². The van der Waals surface area contributed by atoms with Crippen molar-refractivity contribution in [2.75, 3.05) is 26.2 Å². The van der Waals surface area contributed by atoms with E-state index in [1.54, 1.807) is 24.3 Å². The molecule has 0 aliphatic carbocycles. The summed E-state index contributed by atoms with van der Waals surface area (Å²) in [5.41, 5.74) is 0.238. The molecule has 0 spiro atoms. The highest BCUT2D eigenvalue weighted by Crippen LogP contribution is 2.20. The Morgan fingerprint density at radius 3 is 2.32 bits per heavy atom. The van der Waals surface area contributed by atoms with Crippen molar-refractivity contribution >= 4 is 29.5 Å². The number of hydrogen-bond acceptors (Lipinski definition) is 7. The summed E-state index contributed by atoms with van der Waals surface area (Å²) in [4.78, 5) is 69.8. The first-order valence-electron chi connectivity index (χ1n) is 17.2. The Balaban J connectivity index is 1.93. The van der Waals surface area contributed by atoms with Crippen LogP contribution in [0.2, 0.25) is 0 Å². The van der Waals surface area contributed by atoms with Gasteiger partial charge in [-0.25, -0.2) is 0 Å². The van der Waals surface area contributed by atoms with Crippen LogP contribution < -0.4 is 31.3 Å². The van der Waals surface area contributed by atoms with E-state index >= 15 is 0 Å². The van der Waals surface area contributed by atoms with Crippen LogP contribution in [0, 0.1) is 17.8 Å². The maximum atomic E-state index is 13.7. The minimum atomic E-state index is -0.998. The van der Waals surface area contributed by atoms with E-state index in [-0.39, 0.29) is 60.6 Å². The Hall–Kier alpha value is -3.67. The first-order chi connectivity index (χ1) is 22.3. The molecule has 262 valence electrons. The molecule has 5 atom stereocenters. The third-order valence-electron chi connectivity index (χ3n) is 8.99.